The second kappa shape index (κ2) is 6.23. The van der Waals surface area contributed by atoms with E-state index in [1.807, 2.05) is 6.07 Å². The molecule has 0 spiro atoms. The number of oxime groups is 1. The lowest BCUT2D eigenvalue weighted by Crippen LogP contribution is -2.21. The lowest BCUT2D eigenvalue weighted by atomic mass is 10.1. The van der Waals surface area contributed by atoms with Crippen molar-refractivity contribution in [3.8, 4) is 0 Å². The highest BCUT2D eigenvalue weighted by atomic mass is 35.5. The summed E-state index contributed by atoms with van der Waals surface area (Å²) in [5.41, 5.74) is 7.13. The SMILES string of the molecule is N/C(=N/O)c1ccc(CN2CCC(CO)C2)c(Cl)c1. The van der Waals surface area contributed by atoms with Gasteiger partial charge in [-0.05, 0) is 30.5 Å². The molecule has 104 valence electrons. The number of nitrogens with two attached hydrogens (primary N) is 1. The molecule has 1 fully saturated rings. The molecule has 0 amide bonds. The van der Waals surface area contributed by atoms with Crippen LogP contribution in [0.5, 0.6) is 0 Å². The predicted molar refractivity (Wildman–Crippen MR) is 74.4 cm³/mol. The fourth-order valence-corrected chi connectivity index (χ4v) is 2.58. The second-order valence-electron chi connectivity index (χ2n) is 4.86. The molecule has 0 aromatic heterocycles. The standard InChI is InChI=1S/C13H18ClN3O2/c14-12-5-10(13(15)16-19)1-2-11(12)7-17-4-3-9(6-17)8-18/h1-2,5,9,18-19H,3-4,6-8H2,(H2,15,16). The first-order valence-electron chi connectivity index (χ1n) is 6.23. The van der Waals surface area contributed by atoms with Gasteiger partial charge < -0.3 is 16.0 Å². The molecule has 1 aromatic rings. The number of benzene rings is 1. The maximum Gasteiger partial charge on any atom is 0.170 e. The van der Waals surface area contributed by atoms with Crippen molar-refractivity contribution < 1.29 is 10.3 Å². The fourth-order valence-electron chi connectivity index (χ4n) is 2.34. The van der Waals surface area contributed by atoms with Gasteiger partial charge in [0.2, 0.25) is 0 Å². The van der Waals surface area contributed by atoms with E-state index < -0.39 is 0 Å². The summed E-state index contributed by atoms with van der Waals surface area (Å²) in [6, 6.07) is 5.38. The molecule has 0 bridgehead atoms. The highest BCUT2D eigenvalue weighted by molar-refractivity contribution is 6.31. The number of hydrogen-bond donors (Lipinski definition) is 3. The van der Waals surface area contributed by atoms with Gasteiger partial charge in [0.05, 0.1) is 0 Å². The summed E-state index contributed by atoms with van der Waals surface area (Å²) in [6.07, 6.45) is 1.02. The minimum Gasteiger partial charge on any atom is -0.409 e. The number of nitrogens with zero attached hydrogens (tertiary/aromatic N) is 2. The normalized spacial score (nSPS) is 20.9. The van der Waals surface area contributed by atoms with Crippen LogP contribution in [0.3, 0.4) is 0 Å². The molecule has 1 unspecified atom stereocenters. The molecule has 0 radical (unpaired) electrons. The van der Waals surface area contributed by atoms with Crippen molar-refractivity contribution >= 4 is 17.4 Å². The van der Waals surface area contributed by atoms with Crippen LogP contribution < -0.4 is 5.73 Å². The molecule has 19 heavy (non-hydrogen) atoms. The summed E-state index contributed by atoms with van der Waals surface area (Å²) in [7, 11) is 0. The maximum atomic E-state index is 9.13. The van der Waals surface area contributed by atoms with Crippen LogP contribution in [0.15, 0.2) is 23.4 Å². The van der Waals surface area contributed by atoms with Crippen LogP contribution in [-0.4, -0.2) is 40.7 Å². The third-order valence-electron chi connectivity index (χ3n) is 3.48. The summed E-state index contributed by atoms with van der Waals surface area (Å²) < 4.78 is 0. The Morgan fingerprint density at radius 2 is 2.32 bits per heavy atom. The van der Waals surface area contributed by atoms with Crippen molar-refractivity contribution in [3.05, 3.63) is 34.3 Å². The Hall–Kier alpha value is -1.30. The van der Waals surface area contributed by atoms with E-state index in [0.29, 0.717) is 16.5 Å². The number of rotatable bonds is 4. The van der Waals surface area contributed by atoms with Crippen molar-refractivity contribution in [2.75, 3.05) is 19.7 Å². The van der Waals surface area contributed by atoms with Gasteiger partial charge in [0, 0.05) is 30.3 Å². The molecule has 1 aliphatic rings. The van der Waals surface area contributed by atoms with Crippen LogP contribution in [0, 0.1) is 5.92 Å². The van der Waals surface area contributed by atoms with E-state index in [1.165, 1.54) is 0 Å². The second-order valence-corrected chi connectivity index (χ2v) is 5.27. The largest absolute Gasteiger partial charge is 0.409 e. The third kappa shape index (κ3) is 3.37. The van der Waals surface area contributed by atoms with Crippen LogP contribution in [0.4, 0.5) is 0 Å². The minimum atomic E-state index is 0.0509. The van der Waals surface area contributed by atoms with Crippen molar-refractivity contribution in [1.29, 1.82) is 0 Å². The monoisotopic (exact) mass is 283 g/mol. The Morgan fingerprint density at radius 3 is 2.89 bits per heavy atom. The smallest absolute Gasteiger partial charge is 0.170 e. The first-order chi connectivity index (χ1) is 9.13. The lowest BCUT2D eigenvalue weighted by Gasteiger charge is -2.16. The first-order valence-corrected chi connectivity index (χ1v) is 6.61. The van der Waals surface area contributed by atoms with Crippen molar-refractivity contribution in [2.45, 2.75) is 13.0 Å². The number of aliphatic hydroxyl groups is 1. The topological polar surface area (TPSA) is 82.1 Å². The molecule has 0 aliphatic carbocycles. The quantitative estimate of drug-likeness (QED) is 0.336. The van der Waals surface area contributed by atoms with E-state index in [4.69, 9.17) is 27.6 Å². The van der Waals surface area contributed by atoms with E-state index in [0.717, 1.165) is 31.6 Å². The van der Waals surface area contributed by atoms with Crippen molar-refractivity contribution in [1.82, 2.24) is 4.90 Å². The number of halogens is 1. The summed E-state index contributed by atoms with van der Waals surface area (Å²) in [4.78, 5) is 2.27. The molecule has 1 heterocycles. The average molecular weight is 284 g/mol. The van der Waals surface area contributed by atoms with Gasteiger partial charge >= 0.3 is 0 Å². The summed E-state index contributed by atoms with van der Waals surface area (Å²) in [5.74, 6) is 0.421. The van der Waals surface area contributed by atoms with Gasteiger partial charge in [-0.25, -0.2) is 0 Å². The zero-order valence-corrected chi connectivity index (χ0v) is 11.3. The molecular weight excluding hydrogens is 266 g/mol. The number of amidine groups is 1. The molecule has 1 aliphatic heterocycles. The van der Waals surface area contributed by atoms with Crippen molar-refractivity contribution in [2.24, 2.45) is 16.8 Å². The molecule has 1 aromatic carbocycles. The van der Waals surface area contributed by atoms with Crippen LogP contribution >= 0.6 is 11.6 Å². The Labute approximate surface area is 117 Å². The van der Waals surface area contributed by atoms with Gasteiger partial charge in [0.1, 0.15) is 0 Å². The highest BCUT2D eigenvalue weighted by Gasteiger charge is 2.22. The van der Waals surface area contributed by atoms with E-state index in [9.17, 15) is 0 Å². The predicted octanol–water partition coefficient (Wildman–Crippen LogP) is 1.25. The molecule has 5 nitrogen and oxygen atoms in total. The van der Waals surface area contributed by atoms with Crippen LogP contribution in [0.25, 0.3) is 0 Å². The lowest BCUT2D eigenvalue weighted by molar-refractivity contribution is 0.220. The molecule has 6 heteroatoms. The van der Waals surface area contributed by atoms with Gasteiger partial charge in [0.15, 0.2) is 5.84 Å². The molecule has 0 saturated carbocycles. The summed E-state index contributed by atoms with van der Waals surface area (Å²) in [5, 5.41) is 21.3. The van der Waals surface area contributed by atoms with Gasteiger partial charge in [0.25, 0.3) is 0 Å². The molecule has 4 N–H and O–H groups in total. The zero-order valence-electron chi connectivity index (χ0n) is 10.6. The van der Waals surface area contributed by atoms with Crippen LogP contribution in [0.1, 0.15) is 17.5 Å². The Kier molecular flexibility index (Phi) is 4.63. The number of hydrogen-bond acceptors (Lipinski definition) is 4. The number of likely N-dealkylation sites (tertiary alicyclic amines) is 1. The average Bonchev–Trinajstić information content (AvgIpc) is 2.88. The maximum absolute atomic E-state index is 9.13. The zero-order chi connectivity index (χ0) is 13.8. The van der Waals surface area contributed by atoms with Crippen molar-refractivity contribution in [3.63, 3.8) is 0 Å². The Bertz CT molecular complexity index is 479. The van der Waals surface area contributed by atoms with Crippen LogP contribution in [0.2, 0.25) is 5.02 Å². The molecule has 1 saturated heterocycles. The van der Waals surface area contributed by atoms with E-state index in [-0.39, 0.29) is 12.4 Å². The third-order valence-corrected chi connectivity index (χ3v) is 3.83. The van der Waals surface area contributed by atoms with Gasteiger partial charge in [-0.2, -0.15) is 0 Å². The van der Waals surface area contributed by atoms with Crippen LogP contribution in [-0.2, 0) is 6.54 Å². The summed E-state index contributed by atoms with van der Waals surface area (Å²) in [6.45, 7) is 2.87. The van der Waals surface area contributed by atoms with E-state index in [1.54, 1.807) is 12.1 Å². The first kappa shape index (κ1) is 14.1. The Balaban J connectivity index is 2.06. The number of aliphatic hydroxyl groups excluding tert-OH is 1. The van der Waals surface area contributed by atoms with Gasteiger partial charge in [-0.3, -0.25) is 4.90 Å². The van der Waals surface area contributed by atoms with Gasteiger partial charge in [-0.1, -0.05) is 28.9 Å². The molecule has 1 atom stereocenters. The summed E-state index contributed by atoms with van der Waals surface area (Å²) >= 11 is 6.21. The fraction of sp³-hybridized carbons (Fsp3) is 0.462. The minimum absolute atomic E-state index is 0.0509. The Morgan fingerprint density at radius 1 is 1.53 bits per heavy atom. The van der Waals surface area contributed by atoms with E-state index >= 15 is 0 Å². The van der Waals surface area contributed by atoms with E-state index in [2.05, 4.69) is 10.1 Å². The molecular formula is C13H18ClN3O2. The highest BCUT2D eigenvalue weighted by Crippen LogP contribution is 2.23. The molecule has 2 rings (SSSR count). The van der Waals surface area contributed by atoms with Gasteiger partial charge in [-0.15, -0.1) is 0 Å².